The van der Waals surface area contributed by atoms with E-state index in [9.17, 15) is 0 Å². The summed E-state index contributed by atoms with van der Waals surface area (Å²) >= 11 is 0. The summed E-state index contributed by atoms with van der Waals surface area (Å²) in [5.41, 5.74) is 10.8. The van der Waals surface area contributed by atoms with E-state index in [2.05, 4.69) is 88.4 Å². The molecule has 3 rings (SSSR count). The summed E-state index contributed by atoms with van der Waals surface area (Å²) in [6.07, 6.45) is 2.19. The molecule has 24 heavy (non-hydrogen) atoms. The van der Waals surface area contributed by atoms with Crippen molar-refractivity contribution in [3.05, 3.63) is 82.9 Å². The van der Waals surface area contributed by atoms with Crippen LogP contribution in [0.4, 0.5) is 0 Å². The fraction of sp³-hybridized carbons (Fsp3) is 0.250. The summed E-state index contributed by atoms with van der Waals surface area (Å²) in [6.45, 7) is 8.82. The largest absolute Gasteiger partial charge is 0.0613 e. The second-order valence-electron chi connectivity index (χ2n) is 6.57. The summed E-state index contributed by atoms with van der Waals surface area (Å²) in [5.74, 6) is 0. The Morgan fingerprint density at radius 2 is 1.25 bits per heavy atom. The monoisotopic (exact) mass is 314 g/mol. The fourth-order valence-corrected chi connectivity index (χ4v) is 3.38. The van der Waals surface area contributed by atoms with Gasteiger partial charge in [-0.3, -0.25) is 0 Å². The Morgan fingerprint density at radius 1 is 0.583 bits per heavy atom. The molecule has 0 nitrogen and oxygen atoms in total. The van der Waals surface area contributed by atoms with E-state index in [-0.39, 0.29) is 0 Å². The standard InChI is InChI=1S/C24H26/c1-5-19-7-14-24(18(4)15-19)22-11-9-21(10-12-22)23-13-8-20(6-2)17(3)16-23/h7-16H,5-6H2,1-4H3. The average molecular weight is 314 g/mol. The number of hydrogen-bond acceptors (Lipinski definition) is 0. The number of rotatable bonds is 4. The van der Waals surface area contributed by atoms with Gasteiger partial charge in [0.2, 0.25) is 0 Å². The van der Waals surface area contributed by atoms with E-state index < -0.39 is 0 Å². The van der Waals surface area contributed by atoms with Crippen molar-refractivity contribution in [3.8, 4) is 22.3 Å². The molecule has 0 aliphatic carbocycles. The smallest absolute Gasteiger partial charge is 0.0155 e. The molecular formula is C24H26. The van der Waals surface area contributed by atoms with Crippen LogP contribution in [-0.4, -0.2) is 0 Å². The lowest BCUT2D eigenvalue weighted by Gasteiger charge is -2.10. The van der Waals surface area contributed by atoms with Crippen molar-refractivity contribution >= 4 is 0 Å². The molecule has 0 N–H and O–H groups in total. The molecule has 3 aromatic carbocycles. The van der Waals surface area contributed by atoms with Crippen LogP contribution in [0.1, 0.15) is 36.1 Å². The zero-order chi connectivity index (χ0) is 17.1. The Bertz CT molecular complexity index is 838. The van der Waals surface area contributed by atoms with Crippen LogP contribution in [-0.2, 0) is 12.8 Å². The highest BCUT2D eigenvalue weighted by molar-refractivity contribution is 5.72. The summed E-state index contributed by atoms with van der Waals surface area (Å²) in [7, 11) is 0. The molecule has 0 saturated heterocycles. The van der Waals surface area contributed by atoms with Gasteiger partial charge < -0.3 is 0 Å². The molecule has 0 aromatic heterocycles. The highest BCUT2D eigenvalue weighted by Gasteiger charge is 2.05. The van der Waals surface area contributed by atoms with Crippen molar-refractivity contribution in [2.24, 2.45) is 0 Å². The third kappa shape index (κ3) is 3.28. The van der Waals surface area contributed by atoms with Gasteiger partial charge in [0.1, 0.15) is 0 Å². The molecule has 0 fully saturated rings. The number of hydrogen-bond donors (Lipinski definition) is 0. The van der Waals surface area contributed by atoms with Crippen LogP contribution >= 0.6 is 0 Å². The first-order chi connectivity index (χ1) is 11.6. The van der Waals surface area contributed by atoms with Crippen LogP contribution in [0, 0.1) is 13.8 Å². The van der Waals surface area contributed by atoms with Crippen LogP contribution in [0.2, 0.25) is 0 Å². The van der Waals surface area contributed by atoms with E-state index >= 15 is 0 Å². The zero-order valence-electron chi connectivity index (χ0n) is 15.2. The van der Waals surface area contributed by atoms with Gasteiger partial charge in [0.15, 0.2) is 0 Å². The topological polar surface area (TPSA) is 0 Å². The van der Waals surface area contributed by atoms with Gasteiger partial charge in [0.05, 0.1) is 0 Å². The normalized spacial score (nSPS) is 10.8. The predicted octanol–water partition coefficient (Wildman–Crippen LogP) is 6.76. The first-order valence-corrected chi connectivity index (χ1v) is 8.92. The minimum atomic E-state index is 1.09. The maximum absolute atomic E-state index is 2.30. The molecule has 0 heteroatoms. The van der Waals surface area contributed by atoms with Crippen LogP contribution in [0.3, 0.4) is 0 Å². The van der Waals surface area contributed by atoms with Crippen molar-refractivity contribution in [1.29, 1.82) is 0 Å². The van der Waals surface area contributed by atoms with Crippen molar-refractivity contribution in [2.45, 2.75) is 40.5 Å². The maximum atomic E-state index is 2.30. The summed E-state index contributed by atoms with van der Waals surface area (Å²) < 4.78 is 0. The molecular weight excluding hydrogens is 288 g/mol. The molecule has 0 bridgehead atoms. The van der Waals surface area contributed by atoms with Gasteiger partial charge in [-0.1, -0.05) is 74.5 Å². The Morgan fingerprint density at radius 3 is 1.83 bits per heavy atom. The molecule has 0 radical (unpaired) electrons. The van der Waals surface area contributed by atoms with E-state index in [4.69, 9.17) is 0 Å². The quantitative estimate of drug-likeness (QED) is 0.499. The molecule has 0 unspecified atom stereocenters. The minimum absolute atomic E-state index is 1.09. The Hall–Kier alpha value is -2.34. The summed E-state index contributed by atoms with van der Waals surface area (Å²) in [4.78, 5) is 0. The highest BCUT2D eigenvalue weighted by atomic mass is 14.1. The second kappa shape index (κ2) is 7.05. The van der Waals surface area contributed by atoms with E-state index in [1.807, 2.05) is 0 Å². The van der Waals surface area contributed by atoms with E-state index in [1.165, 1.54) is 44.5 Å². The first kappa shape index (κ1) is 16.5. The third-order valence-corrected chi connectivity index (χ3v) is 4.95. The van der Waals surface area contributed by atoms with Crippen molar-refractivity contribution in [3.63, 3.8) is 0 Å². The molecule has 0 heterocycles. The Balaban J connectivity index is 1.92. The third-order valence-electron chi connectivity index (χ3n) is 4.95. The molecule has 0 aliphatic rings. The van der Waals surface area contributed by atoms with Gasteiger partial charge >= 0.3 is 0 Å². The van der Waals surface area contributed by atoms with Crippen LogP contribution in [0.15, 0.2) is 60.7 Å². The van der Waals surface area contributed by atoms with Crippen LogP contribution < -0.4 is 0 Å². The van der Waals surface area contributed by atoms with Crippen molar-refractivity contribution in [2.75, 3.05) is 0 Å². The molecule has 0 amide bonds. The SMILES string of the molecule is CCc1ccc(-c2ccc(-c3ccc(CC)c(C)c3)cc2)c(C)c1. The molecule has 0 atom stereocenters. The van der Waals surface area contributed by atoms with Gasteiger partial charge in [-0.15, -0.1) is 0 Å². The second-order valence-corrected chi connectivity index (χ2v) is 6.57. The predicted molar refractivity (Wildman–Crippen MR) is 106 cm³/mol. The van der Waals surface area contributed by atoms with Gasteiger partial charge in [-0.05, 0) is 71.2 Å². The van der Waals surface area contributed by atoms with Crippen molar-refractivity contribution < 1.29 is 0 Å². The lowest BCUT2D eigenvalue weighted by molar-refractivity contribution is 1.11. The average Bonchev–Trinajstić information content (AvgIpc) is 2.61. The fourth-order valence-electron chi connectivity index (χ4n) is 3.38. The van der Waals surface area contributed by atoms with Gasteiger partial charge in [-0.25, -0.2) is 0 Å². The molecule has 3 aromatic rings. The molecule has 122 valence electrons. The van der Waals surface area contributed by atoms with Crippen LogP contribution in [0.5, 0.6) is 0 Å². The lowest BCUT2D eigenvalue weighted by atomic mass is 9.94. The van der Waals surface area contributed by atoms with E-state index in [0.29, 0.717) is 0 Å². The van der Waals surface area contributed by atoms with Gasteiger partial charge in [-0.2, -0.15) is 0 Å². The molecule has 0 saturated carbocycles. The lowest BCUT2D eigenvalue weighted by Crippen LogP contribution is -1.89. The minimum Gasteiger partial charge on any atom is -0.0613 e. The van der Waals surface area contributed by atoms with Crippen LogP contribution in [0.25, 0.3) is 22.3 Å². The zero-order valence-corrected chi connectivity index (χ0v) is 15.2. The Kier molecular flexibility index (Phi) is 4.85. The van der Waals surface area contributed by atoms with E-state index in [0.717, 1.165) is 12.8 Å². The first-order valence-electron chi connectivity index (χ1n) is 8.92. The molecule has 0 aliphatic heterocycles. The number of benzene rings is 3. The summed E-state index contributed by atoms with van der Waals surface area (Å²) in [6, 6.07) is 22.6. The number of aryl methyl sites for hydroxylation is 4. The van der Waals surface area contributed by atoms with Crippen molar-refractivity contribution in [1.82, 2.24) is 0 Å². The van der Waals surface area contributed by atoms with Gasteiger partial charge in [0, 0.05) is 0 Å². The maximum Gasteiger partial charge on any atom is -0.0155 e. The van der Waals surface area contributed by atoms with E-state index in [1.54, 1.807) is 0 Å². The molecule has 0 spiro atoms. The summed E-state index contributed by atoms with van der Waals surface area (Å²) in [5, 5.41) is 0. The highest BCUT2D eigenvalue weighted by Crippen LogP contribution is 2.28. The van der Waals surface area contributed by atoms with Gasteiger partial charge in [0.25, 0.3) is 0 Å². The Labute approximate surface area is 146 Å².